The number of guanidine groups is 1. The van der Waals surface area contributed by atoms with Crippen molar-refractivity contribution in [2.75, 3.05) is 26.2 Å². The number of hydrogen-bond acceptors (Lipinski definition) is 11. The fraction of sp³-hybridized carbons (Fsp3) is 0.775. The van der Waals surface area contributed by atoms with E-state index in [9.17, 15) is 43.5 Å². The Hall–Kier alpha value is -5.05. The molecule has 2 saturated heterocycles. The zero-order valence-corrected chi connectivity index (χ0v) is 36.7. The van der Waals surface area contributed by atoms with Crippen LogP contribution in [0.15, 0.2) is 4.99 Å². The molecule has 0 bridgehead atoms. The third kappa shape index (κ3) is 17.1. The Morgan fingerprint density at radius 3 is 1.62 bits per heavy atom. The Morgan fingerprint density at radius 1 is 0.639 bits per heavy atom. The van der Waals surface area contributed by atoms with Gasteiger partial charge >= 0.3 is 5.97 Å². The number of nitrogens with zero attached hydrogens (tertiary/aromatic N) is 3. The van der Waals surface area contributed by atoms with Crippen molar-refractivity contribution in [3.8, 4) is 0 Å². The van der Waals surface area contributed by atoms with Crippen LogP contribution in [0, 0.1) is 11.8 Å². The van der Waals surface area contributed by atoms with Gasteiger partial charge in [0.25, 0.3) is 0 Å². The molecule has 61 heavy (non-hydrogen) atoms. The number of carboxylic acid groups (broad SMARTS) is 1. The number of carbonyl (C=O) groups excluding carboxylic acids is 7. The van der Waals surface area contributed by atoms with Gasteiger partial charge in [0.05, 0.1) is 6.04 Å². The van der Waals surface area contributed by atoms with Crippen molar-refractivity contribution < 1.29 is 43.5 Å². The average Bonchev–Trinajstić information content (AvgIpc) is 3.88. The molecule has 346 valence electrons. The van der Waals surface area contributed by atoms with Crippen molar-refractivity contribution >= 4 is 53.3 Å². The first-order valence-electron chi connectivity index (χ1n) is 21.5. The number of carbonyl (C=O) groups is 8. The standard InChI is InChI=1S/C40H72N12O9/c1-22(2)20-28(34(55)46-25(6)33(54)48-27(39(60)61)13-9-17-45-40(43)44)49-35(56)30-14-11-19-52(30)38(59)29(21-23(3)4)50-36(57)31-15-10-18-51(31)37(58)26(12-7-8-16-41)47-32(53)24(5)42/h22-31H,7-21,41-42H2,1-6H3,(H,46,55)(H,47,53)(H,48,54)(H,49,56)(H,50,57)(H,60,61)(H4,43,44,45)/t24-,25+,26-,27-,28-,29-,30-,31-/m0/s1. The Morgan fingerprint density at radius 2 is 1.13 bits per heavy atom. The quantitative estimate of drug-likeness (QED) is 0.0273. The van der Waals surface area contributed by atoms with Crippen LogP contribution in [-0.2, 0) is 38.4 Å². The maximum absolute atomic E-state index is 14.3. The molecule has 2 aliphatic rings. The molecule has 2 aliphatic heterocycles. The molecule has 14 N–H and O–H groups in total. The smallest absolute Gasteiger partial charge is 0.326 e. The van der Waals surface area contributed by atoms with Crippen LogP contribution in [0.2, 0.25) is 0 Å². The molecule has 7 amide bonds. The van der Waals surface area contributed by atoms with E-state index in [1.807, 2.05) is 27.7 Å². The van der Waals surface area contributed by atoms with E-state index in [0.717, 1.165) is 0 Å². The van der Waals surface area contributed by atoms with Gasteiger partial charge in [0, 0.05) is 19.6 Å². The number of nitrogens with one attached hydrogen (secondary N) is 5. The minimum Gasteiger partial charge on any atom is -0.480 e. The highest BCUT2D eigenvalue weighted by Gasteiger charge is 2.42. The SMILES string of the molecule is CC(C)C[C@H](NC(=O)[C@@H]1CCCN1C(=O)[C@H](CC(C)C)NC(=O)[C@@H]1CCCN1C(=O)[C@H](CCCCN)NC(=O)[C@H](C)N)C(=O)N[C@H](C)C(=O)N[C@@H](CCCN=C(N)N)C(=O)O. The van der Waals surface area contributed by atoms with Gasteiger partial charge in [-0.05, 0) is 103 Å². The second kappa shape index (κ2) is 25.7. The van der Waals surface area contributed by atoms with Gasteiger partial charge in [0.2, 0.25) is 41.4 Å². The fourth-order valence-electron chi connectivity index (χ4n) is 7.43. The summed E-state index contributed by atoms with van der Waals surface area (Å²) in [5.41, 5.74) is 22.0. The summed E-state index contributed by atoms with van der Waals surface area (Å²) >= 11 is 0. The van der Waals surface area contributed by atoms with Gasteiger partial charge in [0.15, 0.2) is 5.96 Å². The lowest BCUT2D eigenvalue weighted by Gasteiger charge is -2.33. The van der Waals surface area contributed by atoms with Crippen molar-refractivity contribution in [2.45, 2.75) is 161 Å². The fourth-order valence-corrected chi connectivity index (χ4v) is 7.43. The number of unbranched alkanes of at least 4 members (excludes halogenated alkanes) is 1. The van der Waals surface area contributed by atoms with Crippen LogP contribution in [0.5, 0.6) is 0 Å². The number of aliphatic carboxylic acids is 1. The number of amides is 7. The predicted octanol–water partition coefficient (Wildman–Crippen LogP) is -1.88. The van der Waals surface area contributed by atoms with Crippen LogP contribution >= 0.6 is 0 Å². The minimum absolute atomic E-state index is 0.0356. The van der Waals surface area contributed by atoms with Crippen LogP contribution in [-0.4, -0.2) is 143 Å². The molecule has 21 heteroatoms. The maximum Gasteiger partial charge on any atom is 0.326 e. The monoisotopic (exact) mass is 865 g/mol. The van der Waals surface area contributed by atoms with E-state index in [4.69, 9.17) is 22.9 Å². The molecule has 0 aromatic heterocycles. The third-order valence-corrected chi connectivity index (χ3v) is 10.6. The average molecular weight is 865 g/mol. The van der Waals surface area contributed by atoms with Crippen LogP contribution in [0.25, 0.3) is 0 Å². The van der Waals surface area contributed by atoms with Crippen molar-refractivity contribution in [3.63, 3.8) is 0 Å². The van der Waals surface area contributed by atoms with Crippen molar-refractivity contribution in [3.05, 3.63) is 0 Å². The van der Waals surface area contributed by atoms with Crippen LogP contribution < -0.4 is 49.5 Å². The highest BCUT2D eigenvalue weighted by atomic mass is 16.4. The van der Waals surface area contributed by atoms with E-state index in [1.54, 1.807) is 0 Å². The number of nitrogens with two attached hydrogens (primary N) is 4. The van der Waals surface area contributed by atoms with Crippen molar-refractivity contribution in [2.24, 2.45) is 39.8 Å². The highest BCUT2D eigenvalue weighted by Crippen LogP contribution is 2.24. The van der Waals surface area contributed by atoms with E-state index in [0.29, 0.717) is 51.5 Å². The molecular weight excluding hydrogens is 793 g/mol. The summed E-state index contributed by atoms with van der Waals surface area (Å²) in [5, 5.41) is 23.0. The molecule has 0 unspecified atom stereocenters. The van der Waals surface area contributed by atoms with E-state index in [1.165, 1.54) is 23.6 Å². The first-order chi connectivity index (χ1) is 28.7. The third-order valence-electron chi connectivity index (χ3n) is 10.6. The summed E-state index contributed by atoms with van der Waals surface area (Å²) in [7, 11) is 0. The van der Waals surface area contributed by atoms with Gasteiger partial charge in [0.1, 0.15) is 42.3 Å². The van der Waals surface area contributed by atoms with Crippen LogP contribution in [0.1, 0.15) is 112 Å². The second-order valence-electron chi connectivity index (χ2n) is 17.0. The summed E-state index contributed by atoms with van der Waals surface area (Å²) in [6.45, 7) is 11.5. The molecule has 0 aromatic rings. The summed E-state index contributed by atoms with van der Waals surface area (Å²) < 4.78 is 0. The normalized spacial score (nSPS) is 19.2. The van der Waals surface area contributed by atoms with Crippen LogP contribution in [0.3, 0.4) is 0 Å². The molecule has 8 atom stereocenters. The topological polar surface area (TPSA) is 340 Å². The number of hydrogen-bond donors (Lipinski definition) is 10. The molecule has 2 fully saturated rings. The molecule has 21 nitrogen and oxygen atoms in total. The van der Waals surface area contributed by atoms with E-state index >= 15 is 0 Å². The zero-order chi connectivity index (χ0) is 46.0. The van der Waals surface area contributed by atoms with Crippen molar-refractivity contribution in [1.29, 1.82) is 0 Å². The number of carboxylic acids is 1. The Bertz CT molecular complexity index is 1550. The Kier molecular flexibility index (Phi) is 21.9. The van der Waals surface area contributed by atoms with Crippen molar-refractivity contribution in [1.82, 2.24) is 36.4 Å². The zero-order valence-electron chi connectivity index (χ0n) is 36.7. The summed E-state index contributed by atoms with van der Waals surface area (Å²) in [6, 6.07) is -8.12. The molecule has 0 aromatic carbocycles. The molecule has 0 spiro atoms. The van der Waals surface area contributed by atoms with E-state index in [-0.39, 0.29) is 63.1 Å². The lowest BCUT2D eigenvalue weighted by Crippen LogP contribution is -2.59. The lowest BCUT2D eigenvalue weighted by molar-refractivity contribution is -0.145. The number of aliphatic imine (C=N–C) groups is 1. The van der Waals surface area contributed by atoms with Gasteiger partial charge < -0.3 is 64.4 Å². The largest absolute Gasteiger partial charge is 0.480 e. The molecule has 2 heterocycles. The minimum atomic E-state index is -1.27. The lowest BCUT2D eigenvalue weighted by atomic mass is 10.0. The van der Waals surface area contributed by atoms with Gasteiger partial charge in [-0.15, -0.1) is 0 Å². The van der Waals surface area contributed by atoms with E-state index < -0.39 is 95.7 Å². The Balaban J connectivity index is 2.19. The maximum atomic E-state index is 14.3. The first-order valence-corrected chi connectivity index (χ1v) is 21.5. The van der Waals surface area contributed by atoms with Crippen LogP contribution in [0.4, 0.5) is 0 Å². The molecule has 2 rings (SSSR count). The van der Waals surface area contributed by atoms with Gasteiger partial charge in [-0.3, -0.25) is 38.6 Å². The van der Waals surface area contributed by atoms with Gasteiger partial charge in [-0.1, -0.05) is 27.7 Å². The molecule has 0 saturated carbocycles. The molecule has 0 aliphatic carbocycles. The molecular formula is C40H72N12O9. The second-order valence-corrected chi connectivity index (χ2v) is 17.0. The predicted molar refractivity (Wildman–Crippen MR) is 228 cm³/mol. The van der Waals surface area contributed by atoms with Gasteiger partial charge in [-0.25, -0.2) is 4.79 Å². The summed E-state index contributed by atoms with van der Waals surface area (Å²) in [6.07, 6.45) is 3.97. The first kappa shape index (κ1) is 52.1. The summed E-state index contributed by atoms with van der Waals surface area (Å²) in [4.78, 5) is 113. The van der Waals surface area contributed by atoms with Gasteiger partial charge in [-0.2, -0.15) is 0 Å². The highest BCUT2D eigenvalue weighted by molar-refractivity contribution is 5.98. The number of rotatable bonds is 25. The molecule has 0 radical (unpaired) electrons. The Labute approximate surface area is 359 Å². The summed E-state index contributed by atoms with van der Waals surface area (Å²) in [5.74, 6) is -5.42. The van der Waals surface area contributed by atoms with E-state index in [2.05, 4.69) is 31.6 Å². The number of likely N-dealkylation sites (tertiary alicyclic amines) is 2.